The summed E-state index contributed by atoms with van der Waals surface area (Å²) in [5, 5.41) is 35.8. The largest absolute Gasteiger partial charge is 0.508 e. The van der Waals surface area contributed by atoms with E-state index >= 15 is 0 Å². The molecule has 1 aliphatic heterocycles. The molecule has 1 fully saturated rings. The first-order chi connectivity index (χ1) is 16.7. The first kappa shape index (κ1) is 26.9. The van der Waals surface area contributed by atoms with Crippen LogP contribution in [-0.2, 0) is 27.1 Å². The molecule has 0 unspecified atom stereocenters. The molecule has 0 aliphatic carbocycles. The molecule has 0 spiro atoms. The van der Waals surface area contributed by atoms with Crippen molar-refractivity contribution in [1.29, 1.82) is 0 Å². The molecule has 3 rings (SSSR count). The molecule has 2 aromatic rings. The molecule has 0 radical (unpaired) electrons. The molecule has 1 aliphatic rings. The van der Waals surface area contributed by atoms with Gasteiger partial charge in [-0.05, 0) is 45.2 Å². The maximum Gasteiger partial charge on any atom is 0.508 e. The van der Waals surface area contributed by atoms with Crippen LogP contribution >= 0.6 is 0 Å². The number of rotatable bonds is 9. The van der Waals surface area contributed by atoms with Crippen molar-refractivity contribution in [2.45, 2.75) is 84.2 Å². The van der Waals surface area contributed by atoms with E-state index in [9.17, 15) is 20.1 Å². The lowest BCUT2D eigenvalue weighted by Crippen LogP contribution is -2.60. The third-order valence-corrected chi connectivity index (χ3v) is 6.06. The third kappa shape index (κ3) is 6.32. The summed E-state index contributed by atoms with van der Waals surface area (Å²) in [5.41, 5.74) is 4.03. The lowest BCUT2D eigenvalue weighted by Gasteiger charge is -2.39. The molecule has 1 aromatic heterocycles. The van der Waals surface area contributed by atoms with E-state index in [0.29, 0.717) is 6.42 Å². The molecule has 3 N–H and O–H groups in total. The zero-order valence-electron chi connectivity index (χ0n) is 20.9. The summed E-state index contributed by atoms with van der Waals surface area (Å²) in [6, 6.07) is 8.34. The van der Waals surface area contributed by atoms with E-state index in [-0.39, 0.29) is 25.1 Å². The lowest BCUT2D eigenvalue weighted by molar-refractivity contribution is -0.278. The number of aromatic nitrogens is 2. The van der Waals surface area contributed by atoms with Crippen LogP contribution in [0.1, 0.15) is 56.1 Å². The Morgan fingerprint density at radius 1 is 1.06 bits per heavy atom. The van der Waals surface area contributed by atoms with Crippen molar-refractivity contribution in [3.05, 3.63) is 46.6 Å². The molecule has 35 heavy (non-hydrogen) atoms. The molecule has 5 atom stereocenters. The maximum atomic E-state index is 11.5. The van der Waals surface area contributed by atoms with E-state index in [0.717, 1.165) is 23.2 Å². The maximum absolute atomic E-state index is 11.5. The van der Waals surface area contributed by atoms with Gasteiger partial charge in [-0.25, -0.2) is 4.79 Å². The molecule has 2 heterocycles. The van der Waals surface area contributed by atoms with Crippen molar-refractivity contribution in [3.8, 4) is 5.88 Å². The molecular formula is C25H36N2O8. The molecule has 1 aromatic carbocycles. The predicted molar refractivity (Wildman–Crippen MR) is 126 cm³/mol. The van der Waals surface area contributed by atoms with Crippen molar-refractivity contribution in [2.75, 3.05) is 13.2 Å². The summed E-state index contributed by atoms with van der Waals surface area (Å²) < 4.78 is 23.2. The quantitative estimate of drug-likeness (QED) is 0.451. The summed E-state index contributed by atoms with van der Waals surface area (Å²) in [5.74, 6) is 0.258. The molecule has 10 heteroatoms. The fourth-order valence-corrected chi connectivity index (χ4v) is 4.00. The van der Waals surface area contributed by atoms with Crippen molar-refractivity contribution < 1.29 is 39.1 Å². The Hall–Kier alpha value is -2.66. The van der Waals surface area contributed by atoms with Crippen LogP contribution in [0.2, 0.25) is 0 Å². The number of hydrogen-bond donors (Lipinski definition) is 3. The van der Waals surface area contributed by atoms with E-state index < -0.39 is 36.9 Å². The Bertz CT molecular complexity index is 975. The van der Waals surface area contributed by atoms with Gasteiger partial charge in [0.05, 0.1) is 6.61 Å². The molecule has 10 nitrogen and oxygen atoms in total. The fraction of sp³-hybridized carbons (Fsp3) is 0.600. The van der Waals surface area contributed by atoms with Crippen LogP contribution in [0.15, 0.2) is 24.3 Å². The number of aliphatic hydroxyl groups excluding tert-OH is 3. The van der Waals surface area contributed by atoms with E-state index in [1.54, 1.807) is 6.92 Å². The number of ether oxygens (including phenoxy) is 4. The molecular weight excluding hydrogens is 456 g/mol. The smallest absolute Gasteiger partial charge is 0.443 e. The highest BCUT2D eigenvalue weighted by Crippen LogP contribution is 2.30. The highest BCUT2D eigenvalue weighted by atomic mass is 16.7. The number of aliphatic hydroxyl groups is 3. The van der Waals surface area contributed by atoms with Gasteiger partial charge in [0.15, 0.2) is 0 Å². The van der Waals surface area contributed by atoms with Gasteiger partial charge in [0, 0.05) is 23.7 Å². The number of aryl methyl sites for hydroxylation is 1. The van der Waals surface area contributed by atoms with Gasteiger partial charge in [-0.2, -0.15) is 0 Å². The molecule has 1 saturated heterocycles. The molecule has 194 valence electrons. The minimum atomic E-state index is -1.58. The van der Waals surface area contributed by atoms with Crippen molar-refractivity contribution in [1.82, 2.24) is 9.78 Å². The first-order valence-electron chi connectivity index (χ1n) is 12.0. The van der Waals surface area contributed by atoms with Crippen molar-refractivity contribution in [3.63, 3.8) is 0 Å². The summed E-state index contributed by atoms with van der Waals surface area (Å²) >= 11 is 0. The van der Waals surface area contributed by atoms with Gasteiger partial charge >= 0.3 is 6.16 Å². The number of carbonyl (C=O) groups is 1. The Balaban J connectivity index is 1.83. The van der Waals surface area contributed by atoms with Gasteiger partial charge in [-0.1, -0.05) is 31.2 Å². The molecule has 0 amide bonds. The second-order valence-electron chi connectivity index (χ2n) is 8.88. The van der Waals surface area contributed by atoms with Crippen LogP contribution in [0.5, 0.6) is 5.88 Å². The Morgan fingerprint density at radius 3 is 2.31 bits per heavy atom. The van der Waals surface area contributed by atoms with E-state index in [1.807, 2.05) is 25.5 Å². The monoisotopic (exact) mass is 492 g/mol. The van der Waals surface area contributed by atoms with Crippen LogP contribution in [0.3, 0.4) is 0 Å². The van der Waals surface area contributed by atoms with Crippen LogP contribution in [0.4, 0.5) is 4.79 Å². The number of carbonyl (C=O) groups excluding carboxylic acids is 1. The summed E-state index contributed by atoms with van der Waals surface area (Å²) in [4.78, 5) is 11.5. The average molecular weight is 493 g/mol. The molecule has 0 saturated carbocycles. The van der Waals surface area contributed by atoms with E-state index in [4.69, 9.17) is 18.9 Å². The number of benzene rings is 1. The van der Waals surface area contributed by atoms with Gasteiger partial charge in [0.2, 0.25) is 12.2 Å². The lowest BCUT2D eigenvalue weighted by atomic mass is 9.99. The van der Waals surface area contributed by atoms with Crippen LogP contribution in [-0.4, -0.2) is 75.2 Å². The number of nitrogens with zero attached hydrogens (tertiary/aromatic N) is 2. The highest BCUT2D eigenvalue weighted by molar-refractivity contribution is 5.59. The van der Waals surface area contributed by atoms with E-state index in [1.165, 1.54) is 5.56 Å². The minimum Gasteiger partial charge on any atom is -0.443 e. The van der Waals surface area contributed by atoms with Gasteiger partial charge in [-0.15, -0.1) is 5.10 Å². The van der Waals surface area contributed by atoms with Gasteiger partial charge in [-0.3, -0.25) is 4.68 Å². The van der Waals surface area contributed by atoms with Gasteiger partial charge < -0.3 is 34.3 Å². The van der Waals surface area contributed by atoms with Gasteiger partial charge in [0.25, 0.3) is 0 Å². The predicted octanol–water partition coefficient (Wildman–Crippen LogP) is 2.29. The van der Waals surface area contributed by atoms with E-state index in [2.05, 4.69) is 36.3 Å². The Kier molecular flexibility index (Phi) is 9.12. The second kappa shape index (κ2) is 11.9. The van der Waals surface area contributed by atoms with Crippen molar-refractivity contribution in [2.24, 2.45) is 0 Å². The summed E-state index contributed by atoms with van der Waals surface area (Å²) in [6.45, 7) is 9.41. The van der Waals surface area contributed by atoms with Crippen LogP contribution in [0.25, 0.3) is 0 Å². The van der Waals surface area contributed by atoms with Crippen LogP contribution < -0.4 is 4.74 Å². The third-order valence-electron chi connectivity index (χ3n) is 6.06. The topological polar surface area (TPSA) is 132 Å². The fourth-order valence-electron chi connectivity index (χ4n) is 4.00. The van der Waals surface area contributed by atoms with Crippen LogP contribution in [0, 0.1) is 6.92 Å². The zero-order chi connectivity index (χ0) is 25.7. The second-order valence-corrected chi connectivity index (χ2v) is 8.88. The zero-order valence-corrected chi connectivity index (χ0v) is 20.9. The number of hydrogen-bond acceptors (Lipinski definition) is 9. The minimum absolute atomic E-state index is 0.0592. The molecule has 0 bridgehead atoms. The van der Waals surface area contributed by atoms with Crippen molar-refractivity contribution >= 4 is 6.16 Å². The summed E-state index contributed by atoms with van der Waals surface area (Å²) in [7, 11) is 0. The van der Waals surface area contributed by atoms with Gasteiger partial charge in [0.1, 0.15) is 31.0 Å². The Labute approximate surface area is 205 Å². The SMILES string of the molecule is CCOC(=O)OC[C@H]1O[C@@H](Oc2nn(C(C)C)c(C)c2Cc2ccc(CC)cc2)[C@H](O)[C@@H](O)[C@@H]1O. The Morgan fingerprint density at radius 2 is 1.71 bits per heavy atom. The summed E-state index contributed by atoms with van der Waals surface area (Å²) in [6.07, 6.45) is -6.55. The highest BCUT2D eigenvalue weighted by Gasteiger charge is 2.46. The first-order valence-corrected chi connectivity index (χ1v) is 12.0. The standard InChI is InChI=1S/C25H36N2O8/c1-6-16-8-10-17(11-9-16)12-18-15(5)27(14(3)4)26-23(18)35-24-22(30)21(29)20(28)19(34-24)13-33-25(31)32-7-2/h8-11,14,19-22,24,28-30H,6-7,12-13H2,1-5H3/t19-,20-,21+,22-,24+/m1/s1. The average Bonchev–Trinajstić information content (AvgIpc) is 3.14. The normalized spacial score (nSPS) is 24.4.